The predicted octanol–water partition coefficient (Wildman–Crippen LogP) is 3.09. The third-order valence-electron chi connectivity index (χ3n) is 1.63. The second-order valence-corrected chi connectivity index (χ2v) is 4.39. The van der Waals surface area contributed by atoms with Crippen LogP contribution in [0.4, 0.5) is 0 Å². The molecule has 3 heteroatoms. The molecule has 14 heavy (non-hydrogen) atoms. The fourth-order valence-corrected chi connectivity index (χ4v) is 2.40. The molecular formula is C11H17O2P. The molecule has 0 saturated carbocycles. The molecule has 1 unspecified atom stereocenters. The third-order valence-corrected chi connectivity index (χ3v) is 3.26. The van der Waals surface area contributed by atoms with Gasteiger partial charge in [-0.15, -0.1) is 0 Å². The second kappa shape index (κ2) is 6.94. The smallest absolute Gasteiger partial charge is 0.205 e. The van der Waals surface area contributed by atoms with Crippen LogP contribution in [0.15, 0.2) is 30.3 Å². The van der Waals surface area contributed by atoms with Crippen molar-refractivity contribution in [3.63, 3.8) is 0 Å². The summed E-state index contributed by atoms with van der Waals surface area (Å²) >= 11 is 0. The van der Waals surface area contributed by atoms with E-state index in [2.05, 4.69) is 19.1 Å². The summed E-state index contributed by atoms with van der Waals surface area (Å²) in [7, 11) is -0.862. The van der Waals surface area contributed by atoms with Crippen LogP contribution in [0, 0.1) is 0 Å². The Labute approximate surface area is 87.2 Å². The van der Waals surface area contributed by atoms with E-state index in [9.17, 15) is 0 Å². The van der Waals surface area contributed by atoms with Gasteiger partial charge in [0.05, 0.1) is 13.2 Å². The molecule has 0 spiro atoms. The molecule has 0 aromatic heterocycles. The van der Waals surface area contributed by atoms with Gasteiger partial charge in [0.15, 0.2) is 0 Å². The highest BCUT2D eigenvalue weighted by Crippen LogP contribution is 2.36. The van der Waals surface area contributed by atoms with Crippen molar-refractivity contribution >= 4 is 13.7 Å². The van der Waals surface area contributed by atoms with E-state index in [-0.39, 0.29) is 0 Å². The Bertz CT molecular complexity index is 238. The van der Waals surface area contributed by atoms with E-state index in [0.29, 0.717) is 6.61 Å². The van der Waals surface area contributed by atoms with Gasteiger partial charge in [-0.05, 0) is 25.5 Å². The largest absolute Gasteiger partial charge is 0.331 e. The minimum absolute atomic E-state index is 0.699. The fraction of sp³-hybridized carbons (Fsp3) is 0.455. The van der Waals surface area contributed by atoms with E-state index in [0.717, 1.165) is 18.3 Å². The Balaban J connectivity index is 2.58. The molecule has 78 valence electrons. The lowest BCUT2D eigenvalue weighted by atomic mass is 10.4. The van der Waals surface area contributed by atoms with Gasteiger partial charge in [-0.2, -0.15) is 0 Å². The Hall–Kier alpha value is -0.430. The molecule has 1 atom stereocenters. The Morgan fingerprint density at radius 2 is 1.79 bits per heavy atom. The minimum Gasteiger partial charge on any atom is -0.331 e. The van der Waals surface area contributed by atoms with E-state index in [4.69, 9.17) is 9.05 Å². The van der Waals surface area contributed by atoms with Gasteiger partial charge in [-0.25, -0.2) is 0 Å². The standard InChI is InChI=1S/C11H17O2P/c1-3-10-13-14(12-4-2)11-8-6-5-7-9-11/h5-9H,3-4,10H2,1-2H3. The highest BCUT2D eigenvalue weighted by molar-refractivity contribution is 7.55. The first-order valence-corrected chi connectivity index (χ1v) is 6.17. The summed E-state index contributed by atoms with van der Waals surface area (Å²) in [5.41, 5.74) is 0. The Morgan fingerprint density at radius 1 is 1.07 bits per heavy atom. The van der Waals surface area contributed by atoms with E-state index >= 15 is 0 Å². The van der Waals surface area contributed by atoms with Gasteiger partial charge in [0.1, 0.15) is 0 Å². The first kappa shape index (κ1) is 11.6. The van der Waals surface area contributed by atoms with Gasteiger partial charge in [-0.1, -0.05) is 25.1 Å². The maximum Gasteiger partial charge on any atom is 0.205 e. The molecule has 1 aromatic carbocycles. The van der Waals surface area contributed by atoms with Gasteiger partial charge < -0.3 is 9.05 Å². The summed E-state index contributed by atoms with van der Waals surface area (Å²) < 4.78 is 11.2. The SMILES string of the molecule is CCCOP(OCC)c1ccccc1. The van der Waals surface area contributed by atoms with E-state index < -0.39 is 8.38 Å². The molecule has 1 rings (SSSR count). The summed E-state index contributed by atoms with van der Waals surface area (Å²) in [5.74, 6) is 0. The monoisotopic (exact) mass is 212 g/mol. The Kier molecular flexibility index (Phi) is 5.77. The van der Waals surface area contributed by atoms with E-state index in [1.165, 1.54) is 0 Å². The maximum absolute atomic E-state index is 5.66. The summed E-state index contributed by atoms with van der Waals surface area (Å²) in [5, 5.41) is 1.15. The minimum atomic E-state index is -0.862. The van der Waals surface area contributed by atoms with Crippen LogP contribution in [-0.4, -0.2) is 13.2 Å². The van der Waals surface area contributed by atoms with Crippen molar-refractivity contribution < 1.29 is 9.05 Å². The first-order chi connectivity index (χ1) is 6.88. The van der Waals surface area contributed by atoms with Crippen molar-refractivity contribution in [2.24, 2.45) is 0 Å². The normalized spacial score (nSPS) is 12.7. The van der Waals surface area contributed by atoms with Crippen molar-refractivity contribution in [3.8, 4) is 0 Å². The van der Waals surface area contributed by atoms with Crippen LogP contribution in [0.25, 0.3) is 0 Å². The molecule has 0 heterocycles. The molecule has 0 saturated heterocycles. The lowest BCUT2D eigenvalue weighted by Gasteiger charge is -2.15. The van der Waals surface area contributed by atoms with Gasteiger partial charge in [0, 0.05) is 5.30 Å². The molecule has 0 fully saturated rings. The zero-order chi connectivity index (χ0) is 10.2. The van der Waals surface area contributed by atoms with Crippen LogP contribution < -0.4 is 5.30 Å². The molecule has 0 amide bonds. The van der Waals surface area contributed by atoms with Crippen molar-refractivity contribution in [2.45, 2.75) is 20.3 Å². The summed E-state index contributed by atoms with van der Waals surface area (Å²) in [6, 6.07) is 10.1. The molecule has 0 radical (unpaired) electrons. The van der Waals surface area contributed by atoms with Crippen LogP contribution in [0.3, 0.4) is 0 Å². The van der Waals surface area contributed by atoms with Gasteiger partial charge in [0.25, 0.3) is 0 Å². The molecule has 2 nitrogen and oxygen atoms in total. The number of benzene rings is 1. The zero-order valence-electron chi connectivity index (χ0n) is 8.77. The average molecular weight is 212 g/mol. The van der Waals surface area contributed by atoms with Crippen molar-refractivity contribution in [1.29, 1.82) is 0 Å². The second-order valence-electron chi connectivity index (χ2n) is 2.84. The molecule has 0 bridgehead atoms. The number of hydrogen-bond donors (Lipinski definition) is 0. The van der Waals surface area contributed by atoms with Crippen molar-refractivity contribution in [3.05, 3.63) is 30.3 Å². The number of rotatable bonds is 6. The summed E-state index contributed by atoms with van der Waals surface area (Å²) in [4.78, 5) is 0. The fourth-order valence-electron chi connectivity index (χ4n) is 1.03. The number of hydrogen-bond acceptors (Lipinski definition) is 2. The zero-order valence-corrected chi connectivity index (χ0v) is 9.67. The molecule has 1 aromatic rings. The van der Waals surface area contributed by atoms with Crippen LogP contribution in [0.2, 0.25) is 0 Å². The van der Waals surface area contributed by atoms with Crippen LogP contribution in [0.5, 0.6) is 0 Å². The highest BCUT2D eigenvalue weighted by atomic mass is 31.2. The predicted molar refractivity (Wildman–Crippen MR) is 60.9 cm³/mol. The molecular weight excluding hydrogens is 195 g/mol. The van der Waals surface area contributed by atoms with Crippen molar-refractivity contribution in [1.82, 2.24) is 0 Å². The van der Waals surface area contributed by atoms with Crippen molar-refractivity contribution in [2.75, 3.05) is 13.2 Å². The lowest BCUT2D eigenvalue weighted by molar-refractivity contribution is 0.266. The van der Waals surface area contributed by atoms with Crippen LogP contribution in [-0.2, 0) is 9.05 Å². The maximum atomic E-state index is 5.66. The molecule has 0 aliphatic rings. The van der Waals surface area contributed by atoms with Crippen LogP contribution >= 0.6 is 8.38 Å². The molecule has 0 N–H and O–H groups in total. The van der Waals surface area contributed by atoms with Gasteiger partial charge in [-0.3, -0.25) is 0 Å². The Morgan fingerprint density at radius 3 is 2.36 bits per heavy atom. The van der Waals surface area contributed by atoms with Gasteiger partial charge in [0.2, 0.25) is 8.38 Å². The lowest BCUT2D eigenvalue weighted by Crippen LogP contribution is -2.05. The van der Waals surface area contributed by atoms with Gasteiger partial charge >= 0.3 is 0 Å². The van der Waals surface area contributed by atoms with E-state index in [1.54, 1.807) is 0 Å². The highest BCUT2D eigenvalue weighted by Gasteiger charge is 2.11. The van der Waals surface area contributed by atoms with E-state index in [1.807, 2.05) is 25.1 Å². The van der Waals surface area contributed by atoms with Crippen LogP contribution in [0.1, 0.15) is 20.3 Å². The summed E-state index contributed by atoms with van der Waals surface area (Å²) in [6.07, 6.45) is 1.03. The first-order valence-electron chi connectivity index (χ1n) is 4.99. The molecule has 0 aliphatic heterocycles. The quantitative estimate of drug-likeness (QED) is 0.674. The summed E-state index contributed by atoms with van der Waals surface area (Å²) in [6.45, 7) is 5.56. The molecule has 0 aliphatic carbocycles. The third kappa shape index (κ3) is 3.75. The average Bonchev–Trinajstić information content (AvgIpc) is 2.25. The topological polar surface area (TPSA) is 18.5 Å².